The molecule has 2 aromatic rings. The fourth-order valence-electron chi connectivity index (χ4n) is 3.48. The number of para-hydroxylation sites is 2. The lowest BCUT2D eigenvalue weighted by Gasteiger charge is -2.29. The molecule has 2 heterocycles. The van der Waals surface area contributed by atoms with Crippen LogP contribution in [0.5, 0.6) is 0 Å². The van der Waals surface area contributed by atoms with Gasteiger partial charge in [-0.25, -0.2) is 4.98 Å². The summed E-state index contributed by atoms with van der Waals surface area (Å²) in [4.78, 5) is 4.85. The molecule has 2 unspecified atom stereocenters. The van der Waals surface area contributed by atoms with Crippen molar-refractivity contribution in [2.45, 2.75) is 52.1 Å². The van der Waals surface area contributed by atoms with E-state index in [0.717, 1.165) is 30.9 Å². The summed E-state index contributed by atoms with van der Waals surface area (Å²) >= 11 is 0. The van der Waals surface area contributed by atoms with Crippen LogP contribution in [0.3, 0.4) is 0 Å². The van der Waals surface area contributed by atoms with Crippen molar-refractivity contribution in [2.24, 2.45) is 5.92 Å². The predicted octanol–water partition coefficient (Wildman–Crippen LogP) is 3.38. The van der Waals surface area contributed by atoms with Crippen molar-refractivity contribution in [3.05, 3.63) is 30.1 Å². The number of aryl methyl sites for hydroxylation is 1. The van der Waals surface area contributed by atoms with Crippen LogP contribution in [0.4, 0.5) is 0 Å². The first-order valence-corrected chi connectivity index (χ1v) is 7.99. The molecule has 0 saturated carbocycles. The summed E-state index contributed by atoms with van der Waals surface area (Å²) in [5.41, 5.74) is 2.40. The average Bonchev–Trinajstić information content (AvgIpc) is 2.84. The monoisotopic (exact) mass is 271 g/mol. The van der Waals surface area contributed by atoms with Crippen LogP contribution < -0.4 is 5.32 Å². The van der Waals surface area contributed by atoms with Crippen LogP contribution >= 0.6 is 0 Å². The van der Waals surface area contributed by atoms with Gasteiger partial charge in [0.05, 0.1) is 11.0 Å². The van der Waals surface area contributed by atoms with Crippen LogP contribution in [-0.2, 0) is 13.0 Å². The number of fused-ring (bicyclic) bond motifs is 1. The molecule has 0 aliphatic carbocycles. The Kier molecular flexibility index (Phi) is 4.06. The summed E-state index contributed by atoms with van der Waals surface area (Å²) in [6.07, 6.45) is 4.99. The number of nitrogens with one attached hydrogen (secondary N) is 1. The second kappa shape index (κ2) is 5.96. The van der Waals surface area contributed by atoms with Gasteiger partial charge in [-0.2, -0.15) is 0 Å². The first kappa shape index (κ1) is 13.6. The minimum absolute atomic E-state index is 0.593. The first-order valence-electron chi connectivity index (χ1n) is 7.99. The molecule has 1 aliphatic heterocycles. The Morgan fingerprint density at radius 3 is 2.95 bits per heavy atom. The van der Waals surface area contributed by atoms with Gasteiger partial charge in [0.1, 0.15) is 5.82 Å². The van der Waals surface area contributed by atoms with Crippen molar-refractivity contribution < 1.29 is 0 Å². The van der Waals surface area contributed by atoms with Crippen LogP contribution in [0, 0.1) is 5.92 Å². The summed E-state index contributed by atoms with van der Waals surface area (Å²) in [6, 6.07) is 9.07. The maximum Gasteiger partial charge on any atom is 0.111 e. The van der Waals surface area contributed by atoms with Gasteiger partial charge >= 0.3 is 0 Å². The highest BCUT2D eigenvalue weighted by Crippen LogP contribution is 2.23. The van der Waals surface area contributed by atoms with E-state index in [2.05, 4.69) is 48.0 Å². The van der Waals surface area contributed by atoms with Gasteiger partial charge in [-0.15, -0.1) is 0 Å². The average molecular weight is 271 g/mol. The Hall–Kier alpha value is -1.35. The van der Waals surface area contributed by atoms with Gasteiger partial charge in [0.15, 0.2) is 0 Å². The lowest BCUT2D eigenvalue weighted by Crippen LogP contribution is -2.39. The molecule has 1 aromatic heterocycles. The van der Waals surface area contributed by atoms with Gasteiger partial charge in [0.25, 0.3) is 0 Å². The van der Waals surface area contributed by atoms with Crippen molar-refractivity contribution in [3.8, 4) is 0 Å². The van der Waals surface area contributed by atoms with Crippen LogP contribution in [-0.4, -0.2) is 22.1 Å². The number of aromatic nitrogens is 2. The molecule has 3 nitrogen and oxygen atoms in total. The molecule has 3 heteroatoms. The third-order valence-corrected chi connectivity index (χ3v) is 4.66. The Balaban J connectivity index is 1.83. The Bertz CT molecular complexity index is 573. The van der Waals surface area contributed by atoms with E-state index >= 15 is 0 Å². The molecule has 0 bridgehead atoms. The first-order chi connectivity index (χ1) is 9.81. The zero-order chi connectivity index (χ0) is 13.9. The number of hydrogen-bond acceptors (Lipinski definition) is 2. The molecule has 1 aliphatic rings. The molecule has 0 spiro atoms. The molecule has 20 heavy (non-hydrogen) atoms. The van der Waals surface area contributed by atoms with E-state index in [0.29, 0.717) is 6.04 Å². The lowest BCUT2D eigenvalue weighted by atomic mass is 9.89. The maximum absolute atomic E-state index is 4.85. The predicted molar refractivity (Wildman–Crippen MR) is 83.9 cm³/mol. The molecule has 1 N–H and O–H groups in total. The fourth-order valence-corrected chi connectivity index (χ4v) is 3.48. The van der Waals surface area contributed by atoms with E-state index in [1.165, 1.54) is 30.6 Å². The standard InChI is InChI=1S/C17H25N3/c1-3-13-9-10-18-14(11-13)12-17-19-15-7-5-6-8-16(15)20(17)4-2/h5-8,13-14,18H,3-4,9-12H2,1-2H3. The molecule has 0 radical (unpaired) electrons. The van der Waals surface area contributed by atoms with Crippen molar-refractivity contribution in [3.63, 3.8) is 0 Å². The van der Waals surface area contributed by atoms with Crippen molar-refractivity contribution >= 4 is 11.0 Å². The lowest BCUT2D eigenvalue weighted by molar-refractivity contribution is 0.290. The van der Waals surface area contributed by atoms with E-state index in [-0.39, 0.29) is 0 Å². The number of hydrogen-bond donors (Lipinski definition) is 1. The van der Waals surface area contributed by atoms with Crippen molar-refractivity contribution in [1.29, 1.82) is 0 Å². The second-order valence-electron chi connectivity index (χ2n) is 5.91. The number of nitrogens with zero attached hydrogens (tertiary/aromatic N) is 2. The summed E-state index contributed by atoms with van der Waals surface area (Å²) in [5, 5.41) is 3.67. The van der Waals surface area contributed by atoms with Crippen LogP contribution in [0.1, 0.15) is 38.9 Å². The highest BCUT2D eigenvalue weighted by atomic mass is 15.1. The molecule has 1 aromatic carbocycles. The highest BCUT2D eigenvalue weighted by molar-refractivity contribution is 5.75. The smallest absolute Gasteiger partial charge is 0.111 e. The number of rotatable bonds is 4. The second-order valence-corrected chi connectivity index (χ2v) is 5.91. The zero-order valence-corrected chi connectivity index (χ0v) is 12.6. The molecule has 2 atom stereocenters. The maximum atomic E-state index is 4.85. The van der Waals surface area contributed by atoms with Crippen molar-refractivity contribution in [1.82, 2.24) is 14.9 Å². The van der Waals surface area contributed by atoms with Gasteiger partial charge in [-0.3, -0.25) is 0 Å². The molecule has 108 valence electrons. The molecule has 1 fully saturated rings. The third kappa shape index (κ3) is 2.59. The fraction of sp³-hybridized carbons (Fsp3) is 0.588. The molecular weight excluding hydrogens is 246 g/mol. The van der Waals surface area contributed by atoms with Gasteiger partial charge in [-0.1, -0.05) is 25.5 Å². The summed E-state index contributed by atoms with van der Waals surface area (Å²) in [5.74, 6) is 2.13. The van der Waals surface area contributed by atoms with Crippen LogP contribution in [0.25, 0.3) is 11.0 Å². The topological polar surface area (TPSA) is 29.9 Å². The quantitative estimate of drug-likeness (QED) is 0.924. The van der Waals surface area contributed by atoms with Gasteiger partial charge < -0.3 is 9.88 Å². The van der Waals surface area contributed by atoms with Gasteiger partial charge in [0.2, 0.25) is 0 Å². The normalized spacial score (nSPS) is 23.3. The zero-order valence-electron chi connectivity index (χ0n) is 12.6. The molecule has 1 saturated heterocycles. The van der Waals surface area contributed by atoms with Crippen molar-refractivity contribution in [2.75, 3.05) is 6.54 Å². The number of benzene rings is 1. The molecular formula is C17H25N3. The summed E-state index contributed by atoms with van der Waals surface area (Å²) in [6.45, 7) is 6.68. The van der Waals surface area contributed by atoms with Crippen LogP contribution in [0.2, 0.25) is 0 Å². The van der Waals surface area contributed by atoms with E-state index in [4.69, 9.17) is 4.98 Å². The Morgan fingerprint density at radius 1 is 1.30 bits per heavy atom. The summed E-state index contributed by atoms with van der Waals surface area (Å²) < 4.78 is 2.37. The van der Waals surface area contributed by atoms with E-state index in [9.17, 15) is 0 Å². The minimum atomic E-state index is 0.593. The number of piperidine rings is 1. The van der Waals surface area contributed by atoms with Crippen LogP contribution in [0.15, 0.2) is 24.3 Å². The Labute approximate surface area is 121 Å². The number of imidazole rings is 1. The van der Waals surface area contributed by atoms with E-state index in [1.807, 2.05) is 0 Å². The van der Waals surface area contributed by atoms with E-state index in [1.54, 1.807) is 0 Å². The van der Waals surface area contributed by atoms with E-state index < -0.39 is 0 Å². The minimum Gasteiger partial charge on any atom is -0.328 e. The third-order valence-electron chi connectivity index (χ3n) is 4.66. The van der Waals surface area contributed by atoms with Gasteiger partial charge in [-0.05, 0) is 44.4 Å². The highest BCUT2D eigenvalue weighted by Gasteiger charge is 2.22. The molecule has 3 rings (SSSR count). The molecule has 0 amide bonds. The summed E-state index contributed by atoms with van der Waals surface area (Å²) in [7, 11) is 0. The Morgan fingerprint density at radius 2 is 2.15 bits per heavy atom. The SMILES string of the molecule is CCC1CCNC(Cc2nc3ccccc3n2CC)C1. The largest absolute Gasteiger partial charge is 0.328 e. The van der Waals surface area contributed by atoms with Gasteiger partial charge in [0, 0.05) is 19.0 Å².